The average molecular weight is 422 g/mol. The summed E-state index contributed by atoms with van der Waals surface area (Å²) in [6, 6.07) is 16.5. The number of ether oxygens (including phenoxy) is 1. The van der Waals surface area contributed by atoms with E-state index in [1.165, 1.54) is 11.3 Å². The van der Waals surface area contributed by atoms with Gasteiger partial charge in [-0.15, -0.1) is 11.3 Å². The second kappa shape index (κ2) is 9.30. The van der Waals surface area contributed by atoms with Crippen molar-refractivity contribution in [2.45, 2.75) is 19.8 Å². The Morgan fingerprint density at radius 3 is 2.53 bits per heavy atom. The summed E-state index contributed by atoms with van der Waals surface area (Å²) in [4.78, 5) is 21.9. The third-order valence-corrected chi connectivity index (χ3v) is 6.41. The first-order valence-electron chi connectivity index (χ1n) is 10.3. The topological polar surface area (TPSA) is 45.7 Å². The maximum atomic E-state index is 12.9. The van der Waals surface area contributed by atoms with Crippen LogP contribution < -0.4 is 9.64 Å². The number of rotatable bonds is 5. The second-order valence-corrected chi connectivity index (χ2v) is 8.46. The summed E-state index contributed by atoms with van der Waals surface area (Å²) in [5.74, 6) is 1.02. The molecule has 1 saturated heterocycles. The number of amides is 1. The third kappa shape index (κ3) is 4.82. The largest absolute Gasteiger partial charge is 0.497 e. The number of hydrogen-bond donors (Lipinski definition) is 0. The lowest BCUT2D eigenvalue weighted by atomic mass is 10.2. The van der Waals surface area contributed by atoms with Crippen molar-refractivity contribution in [2.24, 2.45) is 0 Å². The summed E-state index contributed by atoms with van der Waals surface area (Å²) in [5.41, 5.74) is 4.37. The average Bonchev–Trinajstić information content (AvgIpc) is 3.09. The van der Waals surface area contributed by atoms with Crippen LogP contribution in [-0.2, 0) is 11.2 Å². The van der Waals surface area contributed by atoms with Crippen LogP contribution in [0.25, 0.3) is 10.6 Å². The van der Waals surface area contributed by atoms with E-state index in [-0.39, 0.29) is 5.91 Å². The fourth-order valence-electron chi connectivity index (χ4n) is 3.70. The molecule has 2 aromatic carbocycles. The summed E-state index contributed by atoms with van der Waals surface area (Å²) < 4.78 is 5.24. The first kappa shape index (κ1) is 20.4. The van der Waals surface area contributed by atoms with E-state index in [1.54, 1.807) is 18.4 Å². The molecule has 3 aromatic rings. The van der Waals surface area contributed by atoms with Crippen molar-refractivity contribution in [2.75, 3.05) is 38.2 Å². The number of carbonyl (C=O) groups is 1. The number of aryl methyl sites for hydroxylation is 1. The highest BCUT2D eigenvalue weighted by Crippen LogP contribution is 2.25. The lowest BCUT2D eigenvalue weighted by Gasteiger charge is -2.23. The summed E-state index contributed by atoms with van der Waals surface area (Å²) in [6.07, 6.45) is 1.33. The quantitative estimate of drug-likeness (QED) is 0.612. The molecule has 4 rings (SSSR count). The molecule has 0 N–H and O–H groups in total. The van der Waals surface area contributed by atoms with Crippen molar-refractivity contribution in [3.05, 3.63) is 65.2 Å². The molecule has 6 heteroatoms. The second-order valence-electron chi connectivity index (χ2n) is 7.61. The zero-order valence-electron chi connectivity index (χ0n) is 17.5. The van der Waals surface area contributed by atoms with Crippen LogP contribution in [0.15, 0.2) is 53.9 Å². The Balaban J connectivity index is 1.35. The molecule has 0 radical (unpaired) electrons. The smallest absolute Gasteiger partial charge is 0.228 e. The van der Waals surface area contributed by atoms with Gasteiger partial charge in [0.25, 0.3) is 0 Å². The van der Waals surface area contributed by atoms with Gasteiger partial charge >= 0.3 is 0 Å². The van der Waals surface area contributed by atoms with Crippen molar-refractivity contribution < 1.29 is 9.53 Å². The van der Waals surface area contributed by atoms with Gasteiger partial charge in [-0.3, -0.25) is 4.79 Å². The molecule has 0 aliphatic carbocycles. The molecule has 2 heterocycles. The van der Waals surface area contributed by atoms with Crippen LogP contribution in [-0.4, -0.2) is 49.1 Å². The fraction of sp³-hybridized carbons (Fsp3) is 0.333. The van der Waals surface area contributed by atoms with Gasteiger partial charge in [-0.05, 0) is 37.6 Å². The number of thiazole rings is 1. The summed E-state index contributed by atoms with van der Waals surface area (Å²) in [5, 5.41) is 2.98. The van der Waals surface area contributed by atoms with Crippen molar-refractivity contribution in [1.82, 2.24) is 9.88 Å². The van der Waals surface area contributed by atoms with Gasteiger partial charge in [-0.1, -0.05) is 29.8 Å². The highest BCUT2D eigenvalue weighted by atomic mass is 32.1. The van der Waals surface area contributed by atoms with E-state index in [0.29, 0.717) is 6.42 Å². The SMILES string of the molecule is COc1ccc(N2CCCN(C(=O)Cc3csc(-c4ccc(C)cc4)n3)CC2)cc1. The maximum Gasteiger partial charge on any atom is 0.228 e. The first-order chi connectivity index (χ1) is 14.6. The van der Waals surface area contributed by atoms with Gasteiger partial charge in [0.15, 0.2) is 0 Å². The molecule has 1 amide bonds. The van der Waals surface area contributed by atoms with Crippen LogP contribution >= 0.6 is 11.3 Å². The highest BCUT2D eigenvalue weighted by molar-refractivity contribution is 7.13. The predicted octanol–water partition coefficient (Wildman–Crippen LogP) is 4.41. The van der Waals surface area contributed by atoms with Crippen LogP contribution in [0.4, 0.5) is 5.69 Å². The molecule has 1 aliphatic heterocycles. The molecule has 0 atom stereocenters. The molecule has 1 aliphatic rings. The molecule has 1 aromatic heterocycles. The van der Waals surface area contributed by atoms with Gasteiger partial charge < -0.3 is 14.5 Å². The van der Waals surface area contributed by atoms with Crippen molar-refractivity contribution in [1.29, 1.82) is 0 Å². The Kier molecular flexibility index (Phi) is 6.33. The number of aromatic nitrogens is 1. The fourth-order valence-corrected chi connectivity index (χ4v) is 4.53. The normalized spacial score (nSPS) is 14.5. The Morgan fingerprint density at radius 1 is 1.03 bits per heavy atom. The molecular formula is C24H27N3O2S. The van der Waals surface area contributed by atoms with Crippen LogP contribution in [0.2, 0.25) is 0 Å². The Morgan fingerprint density at radius 2 is 1.80 bits per heavy atom. The molecule has 0 unspecified atom stereocenters. The minimum atomic E-state index is 0.160. The van der Waals surface area contributed by atoms with E-state index in [1.807, 2.05) is 22.4 Å². The summed E-state index contributed by atoms with van der Waals surface area (Å²) in [7, 11) is 1.68. The molecule has 5 nitrogen and oxygen atoms in total. The summed E-state index contributed by atoms with van der Waals surface area (Å²) >= 11 is 1.60. The lowest BCUT2D eigenvalue weighted by molar-refractivity contribution is -0.130. The number of methoxy groups -OCH3 is 1. The van der Waals surface area contributed by atoms with Crippen molar-refractivity contribution in [3.63, 3.8) is 0 Å². The first-order valence-corrected chi connectivity index (χ1v) is 11.2. The number of carbonyl (C=O) groups excluding carboxylic acids is 1. The van der Waals surface area contributed by atoms with E-state index in [2.05, 4.69) is 48.2 Å². The summed E-state index contributed by atoms with van der Waals surface area (Å²) in [6.45, 7) is 5.39. The van der Waals surface area contributed by atoms with E-state index in [4.69, 9.17) is 9.72 Å². The molecular weight excluding hydrogens is 394 g/mol. The monoisotopic (exact) mass is 421 g/mol. The van der Waals surface area contributed by atoms with Gasteiger partial charge in [0.2, 0.25) is 5.91 Å². The molecule has 0 spiro atoms. The molecule has 156 valence electrons. The van der Waals surface area contributed by atoms with Crippen molar-refractivity contribution >= 4 is 22.9 Å². The molecule has 0 saturated carbocycles. The van der Waals surface area contributed by atoms with E-state index in [0.717, 1.165) is 54.6 Å². The van der Waals surface area contributed by atoms with Gasteiger partial charge in [0, 0.05) is 42.8 Å². The molecule has 0 bridgehead atoms. The minimum absolute atomic E-state index is 0.160. The minimum Gasteiger partial charge on any atom is -0.497 e. The van der Waals surface area contributed by atoms with Gasteiger partial charge in [0.1, 0.15) is 10.8 Å². The van der Waals surface area contributed by atoms with Gasteiger partial charge in [0.05, 0.1) is 19.2 Å². The van der Waals surface area contributed by atoms with Crippen LogP contribution in [0.1, 0.15) is 17.7 Å². The van der Waals surface area contributed by atoms with E-state index < -0.39 is 0 Å². The highest BCUT2D eigenvalue weighted by Gasteiger charge is 2.20. The zero-order valence-corrected chi connectivity index (χ0v) is 18.3. The predicted molar refractivity (Wildman–Crippen MR) is 122 cm³/mol. The Bertz CT molecular complexity index is 982. The number of benzene rings is 2. The van der Waals surface area contributed by atoms with E-state index in [9.17, 15) is 4.79 Å². The molecule has 1 fully saturated rings. The maximum absolute atomic E-state index is 12.9. The van der Waals surface area contributed by atoms with Crippen molar-refractivity contribution in [3.8, 4) is 16.3 Å². The van der Waals surface area contributed by atoms with E-state index >= 15 is 0 Å². The Hall–Kier alpha value is -2.86. The van der Waals surface area contributed by atoms with Gasteiger partial charge in [-0.25, -0.2) is 4.98 Å². The third-order valence-electron chi connectivity index (χ3n) is 5.47. The van der Waals surface area contributed by atoms with Crippen LogP contribution in [0.3, 0.4) is 0 Å². The molecule has 30 heavy (non-hydrogen) atoms. The lowest BCUT2D eigenvalue weighted by Crippen LogP contribution is -2.36. The van der Waals surface area contributed by atoms with Gasteiger partial charge in [-0.2, -0.15) is 0 Å². The standard InChI is InChI=1S/C24H27N3O2S/c1-18-4-6-19(7-5-18)24-25-20(17-30-24)16-23(28)27-13-3-12-26(14-15-27)21-8-10-22(29-2)11-9-21/h4-11,17H,3,12-16H2,1-2H3. The number of hydrogen-bond acceptors (Lipinski definition) is 5. The van der Waals surface area contributed by atoms with Crippen LogP contribution in [0, 0.1) is 6.92 Å². The number of anilines is 1. The van der Waals surface area contributed by atoms with Crippen LogP contribution in [0.5, 0.6) is 5.75 Å². The number of nitrogens with zero attached hydrogens (tertiary/aromatic N) is 3. The zero-order chi connectivity index (χ0) is 20.9. The Labute approximate surface area is 181 Å².